The topological polar surface area (TPSA) is 55.6 Å². The van der Waals surface area contributed by atoms with Gasteiger partial charge in [-0.3, -0.25) is 4.79 Å². The molecule has 2 rings (SSSR count). The Balaban J connectivity index is 2.16. The molecular weight excluding hydrogens is 252 g/mol. The van der Waals surface area contributed by atoms with E-state index in [1.807, 2.05) is 62.9 Å². The van der Waals surface area contributed by atoms with Gasteiger partial charge in [0, 0.05) is 13.1 Å². The summed E-state index contributed by atoms with van der Waals surface area (Å²) in [6.07, 6.45) is 0. The van der Waals surface area contributed by atoms with E-state index >= 15 is 0 Å². The van der Waals surface area contributed by atoms with Crippen LogP contribution < -0.4 is 5.73 Å². The second-order valence-corrected chi connectivity index (χ2v) is 6.70. The number of rotatable bonds is 2. The van der Waals surface area contributed by atoms with Crippen molar-refractivity contribution in [3.63, 3.8) is 0 Å². The summed E-state index contributed by atoms with van der Waals surface area (Å²) < 4.78 is 5.99. The molecule has 1 aromatic rings. The lowest BCUT2D eigenvalue weighted by molar-refractivity contribution is -0.188. The standard InChI is InChI=1S/C16H24N2O2/c1-15(2)10-18(11-16(3,4)20-15)14(19)13(17)12-8-6-5-7-9-12/h5-9,13H,10-11,17H2,1-4H3/t13-/m1/s1. The summed E-state index contributed by atoms with van der Waals surface area (Å²) in [4.78, 5) is 14.4. The van der Waals surface area contributed by atoms with Crippen LogP contribution in [0.4, 0.5) is 0 Å². The average molecular weight is 276 g/mol. The molecule has 110 valence electrons. The van der Waals surface area contributed by atoms with Crippen LogP contribution in [0.2, 0.25) is 0 Å². The molecule has 0 saturated carbocycles. The highest BCUT2D eigenvalue weighted by molar-refractivity contribution is 5.83. The van der Waals surface area contributed by atoms with Crippen LogP contribution in [0.25, 0.3) is 0 Å². The summed E-state index contributed by atoms with van der Waals surface area (Å²) in [5.74, 6) is -0.0411. The first-order valence-corrected chi connectivity index (χ1v) is 7.00. The van der Waals surface area contributed by atoms with Gasteiger partial charge in [-0.05, 0) is 33.3 Å². The van der Waals surface area contributed by atoms with Gasteiger partial charge in [0.05, 0.1) is 11.2 Å². The van der Waals surface area contributed by atoms with Gasteiger partial charge < -0.3 is 15.4 Å². The molecule has 0 aromatic heterocycles. The molecule has 0 aliphatic carbocycles. The maximum Gasteiger partial charge on any atom is 0.244 e. The molecule has 1 saturated heterocycles. The monoisotopic (exact) mass is 276 g/mol. The van der Waals surface area contributed by atoms with Gasteiger partial charge in [0.15, 0.2) is 0 Å². The predicted octanol–water partition coefficient (Wildman–Crippen LogP) is 2.10. The molecule has 20 heavy (non-hydrogen) atoms. The molecule has 1 aliphatic rings. The van der Waals surface area contributed by atoms with Crippen molar-refractivity contribution in [3.8, 4) is 0 Å². The van der Waals surface area contributed by atoms with E-state index in [0.717, 1.165) is 5.56 Å². The molecule has 0 unspecified atom stereocenters. The molecule has 1 aromatic carbocycles. The number of carbonyl (C=O) groups is 1. The summed E-state index contributed by atoms with van der Waals surface area (Å²) in [5.41, 5.74) is 6.25. The van der Waals surface area contributed by atoms with Gasteiger partial charge in [-0.25, -0.2) is 0 Å². The number of nitrogens with zero attached hydrogens (tertiary/aromatic N) is 1. The highest BCUT2D eigenvalue weighted by atomic mass is 16.5. The van der Waals surface area contributed by atoms with Crippen LogP contribution in [0.15, 0.2) is 30.3 Å². The lowest BCUT2D eigenvalue weighted by Crippen LogP contribution is -2.59. The molecule has 4 nitrogen and oxygen atoms in total. The van der Waals surface area contributed by atoms with Crippen LogP contribution in [0.5, 0.6) is 0 Å². The van der Waals surface area contributed by atoms with Crippen molar-refractivity contribution < 1.29 is 9.53 Å². The zero-order valence-corrected chi connectivity index (χ0v) is 12.7. The molecule has 0 bridgehead atoms. The van der Waals surface area contributed by atoms with Gasteiger partial charge in [-0.15, -0.1) is 0 Å². The third kappa shape index (κ3) is 3.38. The second kappa shape index (κ2) is 5.19. The van der Waals surface area contributed by atoms with Crippen LogP contribution >= 0.6 is 0 Å². The summed E-state index contributed by atoms with van der Waals surface area (Å²) in [6, 6.07) is 8.88. The summed E-state index contributed by atoms with van der Waals surface area (Å²) in [7, 11) is 0. The average Bonchev–Trinajstić information content (AvgIpc) is 2.34. The third-order valence-corrected chi connectivity index (χ3v) is 3.43. The van der Waals surface area contributed by atoms with E-state index in [9.17, 15) is 4.79 Å². The summed E-state index contributed by atoms with van der Waals surface area (Å²) in [6.45, 7) is 9.14. The van der Waals surface area contributed by atoms with Gasteiger partial charge in [0.1, 0.15) is 6.04 Å². The number of benzene rings is 1. The van der Waals surface area contributed by atoms with Crippen LogP contribution in [0, 0.1) is 0 Å². The van der Waals surface area contributed by atoms with Crippen molar-refractivity contribution in [2.24, 2.45) is 5.73 Å². The van der Waals surface area contributed by atoms with Crippen molar-refractivity contribution in [1.82, 2.24) is 4.90 Å². The number of ether oxygens (including phenoxy) is 1. The Morgan fingerprint density at radius 3 is 2.15 bits per heavy atom. The van der Waals surface area contributed by atoms with Crippen LogP contribution in [-0.4, -0.2) is 35.1 Å². The lowest BCUT2D eigenvalue weighted by atomic mass is 9.97. The maximum absolute atomic E-state index is 12.6. The molecular formula is C16H24N2O2. The van der Waals surface area contributed by atoms with Crippen molar-refractivity contribution in [2.75, 3.05) is 13.1 Å². The Morgan fingerprint density at radius 2 is 1.65 bits per heavy atom. The Morgan fingerprint density at radius 1 is 1.15 bits per heavy atom. The normalized spacial score (nSPS) is 22.4. The minimum Gasteiger partial charge on any atom is -0.366 e. The number of hydrogen-bond donors (Lipinski definition) is 1. The van der Waals surface area contributed by atoms with E-state index in [0.29, 0.717) is 13.1 Å². The molecule has 1 fully saturated rings. The first-order chi connectivity index (χ1) is 9.20. The van der Waals surface area contributed by atoms with E-state index in [2.05, 4.69) is 0 Å². The molecule has 2 N–H and O–H groups in total. The summed E-state index contributed by atoms with van der Waals surface area (Å²) in [5, 5.41) is 0. The molecule has 0 spiro atoms. The first-order valence-electron chi connectivity index (χ1n) is 7.00. The highest BCUT2D eigenvalue weighted by Gasteiger charge is 2.41. The van der Waals surface area contributed by atoms with E-state index < -0.39 is 6.04 Å². The maximum atomic E-state index is 12.6. The molecule has 0 radical (unpaired) electrons. The number of hydrogen-bond acceptors (Lipinski definition) is 3. The minimum atomic E-state index is -0.610. The van der Waals surface area contributed by atoms with Crippen LogP contribution in [-0.2, 0) is 9.53 Å². The van der Waals surface area contributed by atoms with E-state index in [4.69, 9.17) is 10.5 Å². The van der Waals surface area contributed by atoms with Crippen LogP contribution in [0.1, 0.15) is 39.3 Å². The number of morpholine rings is 1. The minimum absolute atomic E-state index is 0.0411. The van der Waals surface area contributed by atoms with Crippen molar-refractivity contribution in [3.05, 3.63) is 35.9 Å². The zero-order chi connectivity index (χ0) is 15.0. The van der Waals surface area contributed by atoms with E-state index in [-0.39, 0.29) is 17.1 Å². The predicted molar refractivity (Wildman–Crippen MR) is 79.2 cm³/mol. The first kappa shape index (κ1) is 15.0. The third-order valence-electron chi connectivity index (χ3n) is 3.43. The Bertz CT molecular complexity index is 467. The van der Waals surface area contributed by atoms with Crippen molar-refractivity contribution in [1.29, 1.82) is 0 Å². The van der Waals surface area contributed by atoms with E-state index in [1.54, 1.807) is 0 Å². The number of nitrogens with two attached hydrogens (primary N) is 1. The van der Waals surface area contributed by atoms with Crippen LogP contribution in [0.3, 0.4) is 0 Å². The van der Waals surface area contributed by atoms with Gasteiger partial charge in [0.2, 0.25) is 5.91 Å². The Hall–Kier alpha value is -1.39. The molecule has 1 amide bonds. The molecule has 1 heterocycles. The molecule has 4 heteroatoms. The highest BCUT2D eigenvalue weighted by Crippen LogP contribution is 2.29. The van der Waals surface area contributed by atoms with Crippen molar-refractivity contribution in [2.45, 2.75) is 44.9 Å². The molecule has 1 aliphatic heterocycles. The van der Waals surface area contributed by atoms with Crippen molar-refractivity contribution >= 4 is 5.91 Å². The largest absolute Gasteiger partial charge is 0.366 e. The fourth-order valence-electron chi connectivity index (χ4n) is 2.94. The summed E-state index contributed by atoms with van der Waals surface area (Å²) >= 11 is 0. The second-order valence-electron chi connectivity index (χ2n) is 6.70. The van der Waals surface area contributed by atoms with Gasteiger partial charge in [0.25, 0.3) is 0 Å². The Kier molecular flexibility index (Phi) is 3.89. The fraction of sp³-hybridized carbons (Fsp3) is 0.562. The SMILES string of the molecule is CC1(C)CN(C(=O)[C@H](N)c2ccccc2)CC(C)(C)O1. The van der Waals surface area contributed by atoms with E-state index in [1.165, 1.54) is 0 Å². The molecule has 1 atom stereocenters. The zero-order valence-electron chi connectivity index (χ0n) is 12.7. The number of amides is 1. The lowest BCUT2D eigenvalue weighted by Gasteiger charge is -2.47. The quantitative estimate of drug-likeness (QED) is 0.900. The van der Waals surface area contributed by atoms with Gasteiger partial charge >= 0.3 is 0 Å². The Labute approximate surface area is 120 Å². The van der Waals surface area contributed by atoms with Gasteiger partial charge in [-0.1, -0.05) is 30.3 Å². The smallest absolute Gasteiger partial charge is 0.244 e. The fourth-order valence-corrected chi connectivity index (χ4v) is 2.94. The number of carbonyl (C=O) groups excluding carboxylic acids is 1. The van der Waals surface area contributed by atoms with Gasteiger partial charge in [-0.2, -0.15) is 0 Å².